The molecule has 9 heteroatoms. The van der Waals surface area contributed by atoms with Gasteiger partial charge in [0.25, 0.3) is 0 Å². The first-order valence-electron chi connectivity index (χ1n) is 9.94. The van der Waals surface area contributed by atoms with Gasteiger partial charge < -0.3 is 24.0 Å². The number of carboxylic acids is 1. The van der Waals surface area contributed by atoms with Gasteiger partial charge in [0.1, 0.15) is 24.7 Å². The minimum atomic E-state index is -0.977. The molecular formula is C24H20F2N2O5. The summed E-state index contributed by atoms with van der Waals surface area (Å²) in [6.45, 7) is -0.0279. The Morgan fingerprint density at radius 1 is 1.12 bits per heavy atom. The third kappa shape index (κ3) is 4.57. The van der Waals surface area contributed by atoms with Crippen molar-refractivity contribution in [3.8, 4) is 22.6 Å². The summed E-state index contributed by atoms with van der Waals surface area (Å²) in [6.07, 6.45) is 0. The van der Waals surface area contributed by atoms with E-state index in [1.807, 2.05) is 12.1 Å². The number of methoxy groups -OCH3 is 1. The number of carbonyl (C=O) groups is 1. The van der Waals surface area contributed by atoms with E-state index in [1.54, 1.807) is 37.4 Å². The highest BCUT2D eigenvalue weighted by Gasteiger charge is 2.17. The number of aliphatic carboxylic acids is 1. The number of benzene rings is 3. The van der Waals surface area contributed by atoms with Gasteiger partial charge in [-0.25, -0.2) is 8.78 Å². The summed E-state index contributed by atoms with van der Waals surface area (Å²) in [5.41, 5.74) is 2.31. The SMILES string of the molecule is COc1cc(F)c(F)cc1-c1ccc(OCc2cccc3c(N(C)CC(=O)O)noc23)cc1. The van der Waals surface area contributed by atoms with Crippen LogP contribution < -0.4 is 14.4 Å². The van der Waals surface area contributed by atoms with E-state index < -0.39 is 17.6 Å². The molecule has 0 atom stereocenters. The van der Waals surface area contributed by atoms with Gasteiger partial charge in [0.2, 0.25) is 0 Å². The number of carboxylic acid groups (broad SMARTS) is 1. The van der Waals surface area contributed by atoms with Crippen LogP contribution in [0.5, 0.6) is 11.5 Å². The Labute approximate surface area is 187 Å². The molecular weight excluding hydrogens is 434 g/mol. The molecule has 0 aliphatic carbocycles. The maximum Gasteiger partial charge on any atom is 0.323 e. The lowest BCUT2D eigenvalue weighted by molar-refractivity contribution is -0.135. The summed E-state index contributed by atoms with van der Waals surface area (Å²) in [7, 11) is 3.01. The first kappa shape index (κ1) is 22.1. The van der Waals surface area contributed by atoms with E-state index in [0.29, 0.717) is 33.7 Å². The molecule has 0 spiro atoms. The van der Waals surface area contributed by atoms with Crippen molar-refractivity contribution in [3.63, 3.8) is 0 Å². The quantitative estimate of drug-likeness (QED) is 0.406. The van der Waals surface area contributed by atoms with E-state index >= 15 is 0 Å². The van der Waals surface area contributed by atoms with E-state index in [0.717, 1.165) is 17.7 Å². The molecule has 4 aromatic rings. The number of para-hydroxylation sites is 1. The summed E-state index contributed by atoms with van der Waals surface area (Å²) in [6, 6.07) is 14.4. The second-order valence-electron chi connectivity index (χ2n) is 7.33. The monoisotopic (exact) mass is 454 g/mol. The molecule has 170 valence electrons. The highest BCUT2D eigenvalue weighted by Crippen LogP contribution is 2.33. The third-order valence-corrected chi connectivity index (χ3v) is 5.10. The van der Waals surface area contributed by atoms with Crippen LogP contribution in [0.25, 0.3) is 22.1 Å². The lowest BCUT2D eigenvalue weighted by Gasteiger charge is -2.12. The van der Waals surface area contributed by atoms with Gasteiger partial charge in [0, 0.05) is 24.2 Å². The second-order valence-corrected chi connectivity index (χ2v) is 7.33. The van der Waals surface area contributed by atoms with Crippen molar-refractivity contribution in [1.29, 1.82) is 0 Å². The maximum atomic E-state index is 13.7. The van der Waals surface area contributed by atoms with E-state index in [1.165, 1.54) is 12.0 Å². The van der Waals surface area contributed by atoms with E-state index in [4.69, 9.17) is 19.1 Å². The van der Waals surface area contributed by atoms with E-state index in [2.05, 4.69) is 5.16 Å². The summed E-state index contributed by atoms with van der Waals surface area (Å²) in [5.74, 6) is -1.70. The van der Waals surface area contributed by atoms with Gasteiger partial charge in [0.05, 0.1) is 12.5 Å². The smallest absolute Gasteiger partial charge is 0.323 e. The average Bonchev–Trinajstić information content (AvgIpc) is 3.24. The molecule has 7 nitrogen and oxygen atoms in total. The molecule has 0 fully saturated rings. The first-order valence-corrected chi connectivity index (χ1v) is 9.94. The molecule has 0 unspecified atom stereocenters. The normalized spacial score (nSPS) is 10.9. The lowest BCUT2D eigenvalue weighted by Crippen LogP contribution is -2.25. The molecule has 0 saturated heterocycles. The Hall–Kier alpha value is -4.14. The molecule has 4 rings (SSSR count). The zero-order valence-corrected chi connectivity index (χ0v) is 17.8. The topological polar surface area (TPSA) is 85.0 Å². The van der Waals surface area contributed by atoms with Crippen LogP contribution in [0.3, 0.4) is 0 Å². The van der Waals surface area contributed by atoms with Crippen molar-refractivity contribution in [2.24, 2.45) is 0 Å². The standard InChI is InChI=1S/C24H20F2N2O5/c1-28(12-22(29)30)24-17-5-3-4-15(23(17)33-27-24)13-32-16-8-6-14(7-9-16)18-10-19(25)20(26)11-21(18)31-2/h3-11H,12-13H2,1-2H3,(H,29,30). The molecule has 0 amide bonds. The molecule has 0 aliphatic rings. The zero-order valence-electron chi connectivity index (χ0n) is 17.8. The number of rotatable bonds is 8. The largest absolute Gasteiger partial charge is 0.496 e. The molecule has 0 aliphatic heterocycles. The molecule has 1 N–H and O–H groups in total. The Morgan fingerprint density at radius 2 is 1.85 bits per heavy atom. The van der Waals surface area contributed by atoms with Crippen LogP contribution in [0.2, 0.25) is 0 Å². The third-order valence-electron chi connectivity index (χ3n) is 5.10. The van der Waals surface area contributed by atoms with Gasteiger partial charge in [0.15, 0.2) is 23.0 Å². The number of likely N-dealkylation sites (N-methyl/N-ethyl adjacent to an activating group) is 1. The van der Waals surface area contributed by atoms with Crippen molar-refractivity contribution in [1.82, 2.24) is 5.16 Å². The van der Waals surface area contributed by atoms with Gasteiger partial charge in [-0.1, -0.05) is 29.4 Å². The maximum absolute atomic E-state index is 13.7. The van der Waals surface area contributed by atoms with Crippen LogP contribution in [0, 0.1) is 11.6 Å². The minimum Gasteiger partial charge on any atom is -0.496 e. The molecule has 3 aromatic carbocycles. The number of hydrogen-bond donors (Lipinski definition) is 1. The van der Waals surface area contributed by atoms with E-state index in [9.17, 15) is 13.6 Å². The highest BCUT2D eigenvalue weighted by atomic mass is 19.2. The van der Waals surface area contributed by atoms with Crippen molar-refractivity contribution in [3.05, 3.63) is 71.8 Å². The van der Waals surface area contributed by atoms with Crippen molar-refractivity contribution >= 4 is 22.8 Å². The van der Waals surface area contributed by atoms with Crippen molar-refractivity contribution < 1.29 is 32.7 Å². The van der Waals surface area contributed by atoms with E-state index in [-0.39, 0.29) is 18.9 Å². The number of hydrogen-bond acceptors (Lipinski definition) is 6. The predicted octanol–water partition coefficient (Wildman–Crippen LogP) is 4.88. The average molecular weight is 454 g/mol. The highest BCUT2D eigenvalue weighted by molar-refractivity contribution is 5.91. The lowest BCUT2D eigenvalue weighted by atomic mass is 10.0. The Kier molecular flexibility index (Phi) is 6.12. The van der Waals surface area contributed by atoms with Crippen LogP contribution in [0.4, 0.5) is 14.6 Å². The minimum absolute atomic E-state index is 0.183. The summed E-state index contributed by atoms with van der Waals surface area (Å²) < 4.78 is 43.7. The second kappa shape index (κ2) is 9.15. The van der Waals surface area contributed by atoms with Gasteiger partial charge in [-0.3, -0.25) is 4.79 Å². The summed E-state index contributed by atoms with van der Waals surface area (Å²) >= 11 is 0. The Balaban J connectivity index is 1.52. The fourth-order valence-electron chi connectivity index (χ4n) is 3.49. The van der Waals surface area contributed by atoms with Crippen molar-refractivity contribution in [2.75, 3.05) is 25.6 Å². The van der Waals surface area contributed by atoms with Crippen molar-refractivity contribution in [2.45, 2.75) is 6.61 Å². The van der Waals surface area contributed by atoms with Gasteiger partial charge in [-0.15, -0.1) is 0 Å². The number of fused-ring (bicyclic) bond motifs is 1. The number of aromatic nitrogens is 1. The molecule has 0 radical (unpaired) electrons. The molecule has 33 heavy (non-hydrogen) atoms. The van der Waals surface area contributed by atoms with Gasteiger partial charge >= 0.3 is 5.97 Å². The number of anilines is 1. The molecule has 1 aromatic heterocycles. The zero-order chi connectivity index (χ0) is 23.5. The van der Waals surface area contributed by atoms with Gasteiger partial charge in [-0.05, 0) is 29.8 Å². The van der Waals surface area contributed by atoms with Crippen LogP contribution in [0.15, 0.2) is 59.1 Å². The van der Waals surface area contributed by atoms with Crippen LogP contribution >= 0.6 is 0 Å². The fraction of sp³-hybridized carbons (Fsp3) is 0.167. The van der Waals surface area contributed by atoms with Crippen LogP contribution in [-0.2, 0) is 11.4 Å². The fourth-order valence-corrected chi connectivity index (χ4v) is 3.49. The Bertz CT molecular complexity index is 1300. The molecule has 0 saturated carbocycles. The summed E-state index contributed by atoms with van der Waals surface area (Å²) in [4.78, 5) is 12.5. The predicted molar refractivity (Wildman–Crippen MR) is 118 cm³/mol. The number of nitrogens with zero attached hydrogens (tertiary/aromatic N) is 2. The van der Waals surface area contributed by atoms with Crippen LogP contribution in [0.1, 0.15) is 5.56 Å². The number of halogens is 2. The van der Waals surface area contributed by atoms with Crippen LogP contribution in [-0.4, -0.2) is 36.9 Å². The first-order chi connectivity index (χ1) is 15.9. The molecule has 0 bridgehead atoms. The molecule has 1 heterocycles. The number of ether oxygens (including phenoxy) is 2. The summed E-state index contributed by atoms with van der Waals surface area (Å²) in [5, 5.41) is 13.7. The Morgan fingerprint density at radius 3 is 2.55 bits per heavy atom. The van der Waals surface area contributed by atoms with Gasteiger partial charge in [-0.2, -0.15) is 0 Å².